The van der Waals surface area contributed by atoms with E-state index in [4.69, 9.17) is 4.74 Å². The third-order valence-corrected chi connectivity index (χ3v) is 2.48. The highest BCUT2D eigenvalue weighted by Crippen LogP contribution is 2.01. The molecule has 0 aromatic heterocycles. The molecule has 0 heterocycles. The van der Waals surface area contributed by atoms with Crippen LogP contribution in [0, 0.1) is 0 Å². The van der Waals surface area contributed by atoms with Crippen molar-refractivity contribution in [1.29, 1.82) is 0 Å². The Morgan fingerprint density at radius 1 is 0.842 bits per heavy atom. The predicted molar refractivity (Wildman–Crippen MR) is 70.6 cm³/mol. The Bertz CT molecular complexity index is 501. The van der Waals surface area contributed by atoms with Gasteiger partial charge >= 0.3 is 5.97 Å². The summed E-state index contributed by atoms with van der Waals surface area (Å²) in [6.45, 7) is -0.151. The zero-order chi connectivity index (χ0) is 13.5. The van der Waals surface area contributed by atoms with Crippen molar-refractivity contribution >= 4 is 11.9 Å². The predicted octanol–water partition coefficient (Wildman–Crippen LogP) is 2.23. The first kappa shape index (κ1) is 12.8. The van der Waals surface area contributed by atoms with Gasteiger partial charge in [-0.05, 0) is 24.3 Å². The van der Waals surface area contributed by atoms with E-state index in [0.717, 1.165) is 0 Å². The van der Waals surface area contributed by atoms with Crippen LogP contribution in [0.4, 0.5) is 0 Å². The number of amides is 1. The second-order valence-corrected chi connectivity index (χ2v) is 3.81. The highest BCUT2D eigenvalue weighted by atomic mass is 16.5. The summed E-state index contributed by atoms with van der Waals surface area (Å²) in [6, 6.07) is 17.4. The van der Waals surface area contributed by atoms with Gasteiger partial charge in [0.05, 0.1) is 5.56 Å². The average Bonchev–Trinajstić information content (AvgIpc) is 2.49. The maximum atomic E-state index is 11.7. The molecule has 0 unspecified atom stereocenters. The molecule has 1 N–H and O–H groups in total. The molecule has 1 amide bonds. The summed E-state index contributed by atoms with van der Waals surface area (Å²) < 4.78 is 4.95. The second-order valence-electron chi connectivity index (χ2n) is 3.81. The molecule has 2 rings (SSSR count). The van der Waals surface area contributed by atoms with Crippen molar-refractivity contribution in [3.05, 3.63) is 71.8 Å². The molecule has 0 aliphatic heterocycles. The summed E-state index contributed by atoms with van der Waals surface area (Å²) in [5.74, 6) is -0.740. The van der Waals surface area contributed by atoms with Crippen molar-refractivity contribution in [2.45, 2.75) is 0 Å². The number of carbonyl (C=O) groups is 2. The monoisotopic (exact) mass is 255 g/mol. The van der Waals surface area contributed by atoms with Gasteiger partial charge in [0.1, 0.15) is 0 Å². The lowest BCUT2D eigenvalue weighted by molar-refractivity contribution is 0.0464. The molecular formula is C15H13NO3. The second kappa shape index (κ2) is 6.35. The topological polar surface area (TPSA) is 55.4 Å². The lowest BCUT2D eigenvalue weighted by atomic mass is 10.2. The van der Waals surface area contributed by atoms with Gasteiger partial charge in [0.15, 0.2) is 6.73 Å². The van der Waals surface area contributed by atoms with E-state index in [0.29, 0.717) is 11.1 Å². The number of nitrogens with one attached hydrogen (secondary N) is 1. The van der Waals surface area contributed by atoms with Crippen molar-refractivity contribution in [3.63, 3.8) is 0 Å². The van der Waals surface area contributed by atoms with Gasteiger partial charge < -0.3 is 10.1 Å². The van der Waals surface area contributed by atoms with Gasteiger partial charge in [0.2, 0.25) is 0 Å². The fourth-order valence-electron chi connectivity index (χ4n) is 1.52. The molecule has 2 aromatic rings. The molecule has 0 aliphatic carbocycles. The van der Waals surface area contributed by atoms with Crippen LogP contribution in [0.1, 0.15) is 20.7 Å². The van der Waals surface area contributed by atoms with E-state index >= 15 is 0 Å². The Labute approximate surface area is 111 Å². The Morgan fingerprint density at radius 2 is 1.37 bits per heavy atom. The summed E-state index contributed by atoms with van der Waals surface area (Å²) in [5.41, 5.74) is 0.981. The zero-order valence-corrected chi connectivity index (χ0v) is 10.2. The molecule has 0 bridgehead atoms. The van der Waals surface area contributed by atoms with E-state index in [-0.39, 0.29) is 12.6 Å². The minimum Gasteiger partial charge on any atom is -0.441 e. The smallest absolute Gasteiger partial charge is 0.339 e. The molecule has 0 saturated heterocycles. The van der Waals surface area contributed by atoms with Gasteiger partial charge in [0, 0.05) is 5.56 Å². The molecular weight excluding hydrogens is 242 g/mol. The third-order valence-electron chi connectivity index (χ3n) is 2.48. The first-order valence-corrected chi connectivity index (χ1v) is 5.83. The maximum Gasteiger partial charge on any atom is 0.339 e. The first-order chi connectivity index (χ1) is 9.27. The number of carbonyl (C=O) groups excluding carboxylic acids is 2. The molecule has 0 atom stereocenters. The molecule has 4 heteroatoms. The largest absolute Gasteiger partial charge is 0.441 e. The van der Waals surface area contributed by atoms with Crippen molar-refractivity contribution in [2.24, 2.45) is 0 Å². The minimum atomic E-state index is -0.464. The standard InChI is InChI=1S/C15H13NO3/c17-14(12-7-3-1-4-8-12)16-11-19-15(18)13-9-5-2-6-10-13/h1-10H,11H2,(H,16,17). The molecule has 0 spiro atoms. The third kappa shape index (κ3) is 3.67. The number of esters is 1. The van der Waals surface area contributed by atoms with Crippen LogP contribution in [0.25, 0.3) is 0 Å². The molecule has 0 saturated carbocycles. The van der Waals surface area contributed by atoms with E-state index < -0.39 is 5.97 Å². The summed E-state index contributed by atoms with van der Waals surface area (Å²) in [5, 5.41) is 2.52. The molecule has 0 radical (unpaired) electrons. The summed E-state index contributed by atoms with van der Waals surface area (Å²) in [6.07, 6.45) is 0. The van der Waals surface area contributed by atoms with Crippen molar-refractivity contribution in [2.75, 3.05) is 6.73 Å². The number of benzene rings is 2. The van der Waals surface area contributed by atoms with E-state index in [9.17, 15) is 9.59 Å². The fraction of sp³-hybridized carbons (Fsp3) is 0.0667. The summed E-state index contributed by atoms with van der Waals surface area (Å²) in [4.78, 5) is 23.2. The zero-order valence-electron chi connectivity index (χ0n) is 10.2. The Kier molecular flexibility index (Phi) is 4.29. The maximum absolute atomic E-state index is 11.7. The number of hydrogen-bond donors (Lipinski definition) is 1. The van der Waals surface area contributed by atoms with Gasteiger partial charge in [-0.15, -0.1) is 0 Å². The Hall–Kier alpha value is -2.62. The molecule has 2 aromatic carbocycles. The van der Waals surface area contributed by atoms with E-state index in [2.05, 4.69) is 5.32 Å². The van der Waals surface area contributed by atoms with Crippen molar-refractivity contribution in [1.82, 2.24) is 5.32 Å². The summed E-state index contributed by atoms with van der Waals surface area (Å²) in [7, 11) is 0. The highest BCUT2D eigenvalue weighted by molar-refractivity contribution is 5.94. The quantitative estimate of drug-likeness (QED) is 0.673. The number of rotatable bonds is 4. The van der Waals surface area contributed by atoms with Crippen molar-refractivity contribution in [3.8, 4) is 0 Å². The van der Waals surface area contributed by atoms with Crippen LogP contribution in [0.15, 0.2) is 60.7 Å². The number of hydrogen-bond acceptors (Lipinski definition) is 3. The van der Waals surface area contributed by atoms with Gasteiger partial charge in [0.25, 0.3) is 5.91 Å². The molecule has 96 valence electrons. The van der Waals surface area contributed by atoms with Crippen LogP contribution in [0.5, 0.6) is 0 Å². The summed E-state index contributed by atoms with van der Waals surface area (Å²) >= 11 is 0. The number of ether oxygens (including phenoxy) is 1. The lowest BCUT2D eigenvalue weighted by Crippen LogP contribution is -2.27. The molecule has 0 fully saturated rings. The van der Waals surface area contributed by atoms with E-state index in [1.54, 1.807) is 48.5 Å². The molecule has 0 aliphatic rings. The van der Waals surface area contributed by atoms with Crippen LogP contribution in [-0.2, 0) is 4.74 Å². The Morgan fingerprint density at radius 3 is 1.95 bits per heavy atom. The normalized spacial score (nSPS) is 9.68. The van der Waals surface area contributed by atoms with Crippen LogP contribution in [-0.4, -0.2) is 18.6 Å². The molecule has 19 heavy (non-hydrogen) atoms. The van der Waals surface area contributed by atoms with Crippen LogP contribution < -0.4 is 5.32 Å². The fourth-order valence-corrected chi connectivity index (χ4v) is 1.52. The Balaban J connectivity index is 1.81. The average molecular weight is 255 g/mol. The lowest BCUT2D eigenvalue weighted by Gasteiger charge is -2.06. The van der Waals surface area contributed by atoms with Crippen LogP contribution in [0.2, 0.25) is 0 Å². The van der Waals surface area contributed by atoms with Gasteiger partial charge in [-0.2, -0.15) is 0 Å². The molecule has 4 nitrogen and oxygen atoms in total. The highest BCUT2D eigenvalue weighted by Gasteiger charge is 2.07. The van der Waals surface area contributed by atoms with Crippen LogP contribution in [0.3, 0.4) is 0 Å². The first-order valence-electron chi connectivity index (χ1n) is 5.83. The van der Waals surface area contributed by atoms with E-state index in [1.165, 1.54) is 0 Å². The van der Waals surface area contributed by atoms with Gasteiger partial charge in [-0.25, -0.2) is 4.79 Å². The van der Waals surface area contributed by atoms with E-state index in [1.807, 2.05) is 12.1 Å². The van der Waals surface area contributed by atoms with Gasteiger partial charge in [-0.1, -0.05) is 36.4 Å². The van der Waals surface area contributed by atoms with Gasteiger partial charge in [-0.3, -0.25) is 4.79 Å². The van der Waals surface area contributed by atoms with Crippen LogP contribution >= 0.6 is 0 Å². The SMILES string of the molecule is O=C(NCOC(=O)c1ccccc1)c1ccccc1. The van der Waals surface area contributed by atoms with Crippen molar-refractivity contribution < 1.29 is 14.3 Å². The minimum absolute atomic E-state index is 0.151.